The quantitative estimate of drug-likeness (QED) is 0.419. The van der Waals surface area contributed by atoms with E-state index in [4.69, 9.17) is 16.3 Å². The molecule has 2 aromatic heterocycles. The summed E-state index contributed by atoms with van der Waals surface area (Å²) in [4.78, 5) is 15.1. The summed E-state index contributed by atoms with van der Waals surface area (Å²) in [6.07, 6.45) is 3.28. The molecule has 1 aliphatic rings. The average Bonchev–Trinajstić information content (AvgIpc) is 2.79. The molecule has 32 heavy (non-hydrogen) atoms. The first kappa shape index (κ1) is 20.2. The summed E-state index contributed by atoms with van der Waals surface area (Å²) in [6.45, 7) is 2.97. The molecule has 0 bridgehead atoms. The minimum absolute atomic E-state index is 0.332. The topological polar surface area (TPSA) is 63.2 Å². The summed E-state index contributed by atoms with van der Waals surface area (Å²) < 4.78 is 20.5. The van der Waals surface area contributed by atoms with Gasteiger partial charge in [0.15, 0.2) is 11.6 Å². The molecule has 4 aromatic rings. The number of benzene rings is 2. The van der Waals surface area contributed by atoms with Gasteiger partial charge in [-0.05, 0) is 55.0 Å². The van der Waals surface area contributed by atoms with Crippen LogP contribution in [0.5, 0.6) is 5.75 Å². The Hall–Kier alpha value is -3.71. The van der Waals surface area contributed by atoms with Gasteiger partial charge in [0.25, 0.3) is 0 Å². The Bertz CT molecular complexity index is 1300. The molecule has 8 heteroatoms. The molecule has 6 nitrogen and oxygen atoms in total. The van der Waals surface area contributed by atoms with E-state index in [0.29, 0.717) is 46.9 Å². The van der Waals surface area contributed by atoms with Crippen LogP contribution in [0.1, 0.15) is 5.69 Å². The highest BCUT2D eigenvalue weighted by molar-refractivity contribution is 6.33. The minimum Gasteiger partial charge on any atom is -0.486 e. The van der Waals surface area contributed by atoms with Gasteiger partial charge in [-0.25, -0.2) is 9.37 Å². The lowest BCUT2D eigenvalue weighted by molar-refractivity contribution is 0.310. The molecule has 0 unspecified atom stereocenters. The van der Waals surface area contributed by atoms with Crippen molar-refractivity contribution >= 4 is 34.7 Å². The average molecular weight is 448 g/mol. The molecule has 1 aliphatic heterocycles. The van der Waals surface area contributed by atoms with Gasteiger partial charge in [0.05, 0.1) is 23.5 Å². The highest BCUT2D eigenvalue weighted by atomic mass is 35.5. The maximum Gasteiger partial charge on any atom is 0.229 e. The van der Waals surface area contributed by atoms with Gasteiger partial charge in [0, 0.05) is 23.1 Å². The first-order valence-electron chi connectivity index (χ1n) is 10.1. The number of fused-ring (bicyclic) bond motifs is 1. The number of hydrogen-bond donors (Lipinski definition) is 1. The summed E-state index contributed by atoms with van der Waals surface area (Å²) in [5.41, 5.74) is 3.49. The Balaban J connectivity index is 1.44. The van der Waals surface area contributed by atoms with Crippen LogP contribution < -0.4 is 15.0 Å². The van der Waals surface area contributed by atoms with Gasteiger partial charge in [-0.3, -0.25) is 4.98 Å². The van der Waals surface area contributed by atoms with Crippen molar-refractivity contribution in [2.45, 2.75) is 6.92 Å². The van der Waals surface area contributed by atoms with Gasteiger partial charge < -0.3 is 15.0 Å². The zero-order valence-electron chi connectivity index (χ0n) is 17.2. The Morgan fingerprint density at radius 1 is 1.09 bits per heavy atom. The number of pyridine rings is 1. The third kappa shape index (κ3) is 3.94. The van der Waals surface area contributed by atoms with E-state index in [-0.39, 0.29) is 5.82 Å². The molecular weight excluding hydrogens is 429 g/mol. The molecule has 0 aliphatic carbocycles. The lowest BCUT2D eigenvalue weighted by Gasteiger charge is -2.30. The minimum atomic E-state index is -0.348. The molecule has 3 heterocycles. The van der Waals surface area contributed by atoms with E-state index in [9.17, 15) is 4.39 Å². The van der Waals surface area contributed by atoms with Crippen molar-refractivity contribution in [3.8, 4) is 16.9 Å². The molecule has 0 spiro atoms. The maximum absolute atomic E-state index is 14.8. The van der Waals surface area contributed by atoms with Crippen molar-refractivity contribution in [3.63, 3.8) is 0 Å². The summed E-state index contributed by atoms with van der Waals surface area (Å²) in [5.74, 6) is 1.15. The first-order valence-corrected chi connectivity index (χ1v) is 10.5. The fourth-order valence-electron chi connectivity index (χ4n) is 3.64. The summed E-state index contributed by atoms with van der Waals surface area (Å²) in [7, 11) is 0. The molecule has 0 fully saturated rings. The standard InChI is InChI=1S/C24H19ClFN5O/c1-15-12-16(8-9-27-15)18-7-6-17(13-20(18)26)29-24-28-14-22-23(30-24)31(10-11-32-22)21-5-3-2-4-19(21)25/h2-9,12-14H,10-11H2,1H3,(H,28,29,30). The number of nitrogens with zero attached hydrogens (tertiary/aromatic N) is 4. The maximum atomic E-state index is 14.8. The summed E-state index contributed by atoms with van der Waals surface area (Å²) >= 11 is 6.40. The molecule has 160 valence electrons. The second kappa shape index (κ2) is 8.43. The van der Waals surface area contributed by atoms with Crippen LogP contribution in [0.3, 0.4) is 0 Å². The highest BCUT2D eigenvalue weighted by Gasteiger charge is 2.24. The SMILES string of the molecule is Cc1cc(-c2ccc(Nc3ncc4c(n3)N(c3ccccc3Cl)CCO4)cc2F)ccn1. The van der Waals surface area contributed by atoms with Crippen LogP contribution in [0.25, 0.3) is 11.1 Å². The van der Waals surface area contributed by atoms with Gasteiger partial charge in [-0.1, -0.05) is 23.7 Å². The summed E-state index contributed by atoms with van der Waals surface area (Å²) in [5, 5.41) is 3.70. The summed E-state index contributed by atoms with van der Waals surface area (Å²) in [6, 6.07) is 16.1. The zero-order chi connectivity index (χ0) is 22.1. The third-order valence-electron chi connectivity index (χ3n) is 5.14. The number of aryl methyl sites for hydroxylation is 1. The van der Waals surface area contributed by atoms with Gasteiger partial charge >= 0.3 is 0 Å². The number of aromatic nitrogens is 3. The van der Waals surface area contributed by atoms with Crippen LogP contribution in [0.4, 0.5) is 27.5 Å². The van der Waals surface area contributed by atoms with Crippen molar-refractivity contribution in [1.82, 2.24) is 15.0 Å². The van der Waals surface area contributed by atoms with Gasteiger partial charge in [0.1, 0.15) is 12.4 Å². The lowest BCUT2D eigenvalue weighted by atomic mass is 10.1. The van der Waals surface area contributed by atoms with Crippen molar-refractivity contribution in [1.29, 1.82) is 0 Å². The van der Waals surface area contributed by atoms with Crippen LogP contribution in [0.15, 0.2) is 67.0 Å². The monoisotopic (exact) mass is 447 g/mol. The van der Waals surface area contributed by atoms with Crippen molar-refractivity contribution in [2.75, 3.05) is 23.4 Å². The molecule has 0 radical (unpaired) electrons. The molecule has 0 atom stereocenters. The van der Waals surface area contributed by atoms with E-state index >= 15 is 0 Å². The fraction of sp³-hybridized carbons (Fsp3) is 0.125. The van der Waals surface area contributed by atoms with Gasteiger partial charge in [-0.2, -0.15) is 4.98 Å². The van der Waals surface area contributed by atoms with Crippen LogP contribution in [-0.4, -0.2) is 28.1 Å². The van der Waals surface area contributed by atoms with Crippen LogP contribution in [-0.2, 0) is 0 Å². The largest absolute Gasteiger partial charge is 0.486 e. The number of anilines is 4. The molecule has 0 saturated heterocycles. The molecule has 5 rings (SSSR count). The lowest BCUT2D eigenvalue weighted by Crippen LogP contribution is -2.30. The second-order valence-corrected chi connectivity index (χ2v) is 7.75. The Kier molecular flexibility index (Phi) is 5.33. The Labute approximate surface area is 189 Å². The first-order chi connectivity index (χ1) is 15.6. The third-order valence-corrected chi connectivity index (χ3v) is 5.46. The molecule has 0 amide bonds. The fourth-order valence-corrected chi connectivity index (χ4v) is 3.88. The molecular formula is C24H19ClFN5O. The van der Waals surface area contributed by atoms with E-state index < -0.39 is 0 Å². The number of ether oxygens (including phenoxy) is 1. The zero-order valence-corrected chi connectivity index (χ0v) is 18.0. The predicted octanol–water partition coefficient (Wildman–Crippen LogP) is 5.91. The van der Waals surface area contributed by atoms with Crippen LogP contribution in [0.2, 0.25) is 5.02 Å². The van der Waals surface area contributed by atoms with Crippen molar-refractivity contribution in [3.05, 3.63) is 83.5 Å². The van der Waals surface area contributed by atoms with Crippen molar-refractivity contribution < 1.29 is 9.13 Å². The number of halogens is 2. The molecule has 2 aromatic carbocycles. The van der Waals surface area contributed by atoms with E-state index in [0.717, 1.165) is 16.9 Å². The highest BCUT2D eigenvalue weighted by Crippen LogP contribution is 2.38. The normalized spacial score (nSPS) is 12.8. The number of rotatable bonds is 4. The number of para-hydroxylation sites is 1. The Morgan fingerprint density at radius 3 is 2.78 bits per heavy atom. The van der Waals surface area contributed by atoms with Gasteiger partial charge in [0.2, 0.25) is 5.95 Å². The van der Waals surface area contributed by atoms with Crippen molar-refractivity contribution in [2.24, 2.45) is 0 Å². The molecule has 0 saturated carbocycles. The number of hydrogen-bond acceptors (Lipinski definition) is 6. The van der Waals surface area contributed by atoms with Gasteiger partial charge in [-0.15, -0.1) is 0 Å². The Morgan fingerprint density at radius 2 is 1.97 bits per heavy atom. The number of nitrogens with one attached hydrogen (secondary N) is 1. The van der Waals surface area contributed by atoms with E-state index in [1.807, 2.05) is 42.2 Å². The van der Waals surface area contributed by atoms with E-state index in [1.165, 1.54) is 6.07 Å². The smallest absolute Gasteiger partial charge is 0.229 e. The van der Waals surface area contributed by atoms with E-state index in [2.05, 4.69) is 20.3 Å². The van der Waals surface area contributed by atoms with E-state index in [1.54, 1.807) is 30.6 Å². The second-order valence-electron chi connectivity index (χ2n) is 7.34. The molecule has 1 N–H and O–H groups in total. The predicted molar refractivity (Wildman–Crippen MR) is 124 cm³/mol. The van der Waals surface area contributed by atoms with Crippen LogP contribution in [0, 0.1) is 12.7 Å². The van der Waals surface area contributed by atoms with Crippen LogP contribution >= 0.6 is 11.6 Å².